The number of amides is 2. The van der Waals surface area contributed by atoms with Crippen molar-refractivity contribution in [2.24, 2.45) is 5.92 Å². The summed E-state index contributed by atoms with van der Waals surface area (Å²) in [5.41, 5.74) is 0. The zero-order valence-electron chi connectivity index (χ0n) is 7.16. The molecule has 1 aliphatic heterocycles. The van der Waals surface area contributed by atoms with Crippen molar-refractivity contribution in [3.05, 3.63) is 0 Å². The fourth-order valence-corrected chi connectivity index (χ4v) is 1.24. The molecule has 0 aromatic carbocycles. The monoisotopic (exact) mass is 169 g/mol. The van der Waals surface area contributed by atoms with Gasteiger partial charge in [-0.3, -0.25) is 19.3 Å². The zero-order chi connectivity index (χ0) is 9.30. The summed E-state index contributed by atoms with van der Waals surface area (Å²) >= 11 is 0. The van der Waals surface area contributed by atoms with Crippen LogP contribution in [0.2, 0.25) is 0 Å². The molecule has 4 heteroatoms. The molecule has 0 aromatic heterocycles. The minimum absolute atomic E-state index is 0.0675. The van der Waals surface area contributed by atoms with Crippen LogP contribution in [-0.2, 0) is 14.4 Å². The molecule has 12 heavy (non-hydrogen) atoms. The number of Topliss-reactive ketones (excluding diaryl/α,β-unsaturated/α-hetero) is 1. The molecule has 1 rings (SSSR count). The topological polar surface area (TPSA) is 54.5 Å². The van der Waals surface area contributed by atoms with Crippen LogP contribution in [-0.4, -0.2) is 29.0 Å². The summed E-state index contributed by atoms with van der Waals surface area (Å²) in [6, 6.07) is 0. The van der Waals surface area contributed by atoms with Gasteiger partial charge in [0.15, 0.2) is 0 Å². The Hall–Kier alpha value is -1.19. The van der Waals surface area contributed by atoms with Gasteiger partial charge >= 0.3 is 0 Å². The van der Waals surface area contributed by atoms with E-state index in [1.54, 1.807) is 6.92 Å². The Morgan fingerprint density at radius 3 is 2.50 bits per heavy atom. The molecular formula is C8H11NO3. The average Bonchev–Trinajstić information content (AvgIpc) is 2.16. The molecular weight excluding hydrogens is 158 g/mol. The molecule has 1 unspecified atom stereocenters. The standard InChI is InChI=1S/C8H11NO3/c1-5-3-7(11)9(8(5)12)4-6(2)10/h5H,3-4H2,1-2H3. The van der Waals surface area contributed by atoms with Crippen LogP contribution in [0.4, 0.5) is 0 Å². The van der Waals surface area contributed by atoms with Crippen molar-refractivity contribution in [3.8, 4) is 0 Å². The number of carbonyl (C=O) groups excluding carboxylic acids is 3. The Balaban J connectivity index is 2.70. The third-order valence-electron chi connectivity index (χ3n) is 1.85. The smallest absolute Gasteiger partial charge is 0.232 e. The van der Waals surface area contributed by atoms with E-state index < -0.39 is 0 Å². The minimum atomic E-state index is -0.253. The summed E-state index contributed by atoms with van der Waals surface area (Å²) in [6.45, 7) is 2.99. The normalized spacial score (nSPS) is 23.5. The lowest BCUT2D eigenvalue weighted by Crippen LogP contribution is -2.34. The third-order valence-corrected chi connectivity index (χ3v) is 1.85. The van der Waals surface area contributed by atoms with Crippen LogP contribution in [0.15, 0.2) is 0 Å². The zero-order valence-corrected chi connectivity index (χ0v) is 7.16. The maximum absolute atomic E-state index is 11.2. The highest BCUT2D eigenvalue weighted by atomic mass is 16.2. The van der Waals surface area contributed by atoms with E-state index in [1.165, 1.54) is 6.92 Å². The van der Waals surface area contributed by atoms with Gasteiger partial charge in [-0.15, -0.1) is 0 Å². The van der Waals surface area contributed by atoms with E-state index in [9.17, 15) is 14.4 Å². The molecule has 1 heterocycles. The van der Waals surface area contributed by atoms with Crippen molar-refractivity contribution in [1.82, 2.24) is 4.90 Å². The summed E-state index contributed by atoms with van der Waals surface area (Å²) in [5.74, 6) is -0.874. The van der Waals surface area contributed by atoms with E-state index in [-0.39, 0.29) is 36.5 Å². The first-order valence-corrected chi connectivity index (χ1v) is 3.86. The van der Waals surface area contributed by atoms with Gasteiger partial charge in [-0.05, 0) is 6.92 Å². The van der Waals surface area contributed by atoms with Gasteiger partial charge in [0.1, 0.15) is 5.78 Å². The Kier molecular flexibility index (Phi) is 2.26. The van der Waals surface area contributed by atoms with E-state index in [2.05, 4.69) is 0 Å². The first kappa shape index (κ1) is 8.90. The van der Waals surface area contributed by atoms with Crippen LogP contribution >= 0.6 is 0 Å². The lowest BCUT2D eigenvalue weighted by atomic mass is 10.1. The maximum Gasteiger partial charge on any atom is 0.232 e. The molecule has 66 valence electrons. The number of carbonyl (C=O) groups is 3. The predicted octanol–water partition coefficient (Wildman–Crippen LogP) is -0.0296. The van der Waals surface area contributed by atoms with Gasteiger partial charge in [0.05, 0.1) is 6.54 Å². The number of ketones is 1. The number of hydrogen-bond acceptors (Lipinski definition) is 3. The lowest BCUT2D eigenvalue weighted by molar-refractivity contribution is -0.142. The molecule has 0 saturated carbocycles. The second kappa shape index (κ2) is 3.05. The molecule has 1 atom stereocenters. The lowest BCUT2D eigenvalue weighted by Gasteiger charge is -2.10. The second-order valence-corrected chi connectivity index (χ2v) is 3.13. The van der Waals surface area contributed by atoms with E-state index in [0.717, 1.165) is 4.90 Å². The molecule has 2 amide bonds. The van der Waals surface area contributed by atoms with Gasteiger partial charge in [0, 0.05) is 12.3 Å². The van der Waals surface area contributed by atoms with Crippen molar-refractivity contribution in [1.29, 1.82) is 0 Å². The predicted molar refractivity (Wildman–Crippen MR) is 41.2 cm³/mol. The summed E-state index contributed by atoms with van der Waals surface area (Å²) < 4.78 is 0. The summed E-state index contributed by atoms with van der Waals surface area (Å²) in [6.07, 6.45) is 0.242. The SMILES string of the molecule is CC(=O)CN1C(=O)CC(C)C1=O. The molecule has 1 saturated heterocycles. The average molecular weight is 169 g/mol. The molecule has 0 spiro atoms. The Labute approximate surface area is 70.5 Å². The van der Waals surface area contributed by atoms with E-state index in [1.807, 2.05) is 0 Å². The largest absolute Gasteiger partial charge is 0.298 e. The third kappa shape index (κ3) is 1.52. The van der Waals surface area contributed by atoms with Crippen LogP contribution in [0.5, 0.6) is 0 Å². The molecule has 1 fully saturated rings. The molecule has 0 aromatic rings. The number of likely N-dealkylation sites (tertiary alicyclic amines) is 1. The number of nitrogens with zero attached hydrogens (tertiary/aromatic N) is 1. The van der Waals surface area contributed by atoms with Crippen molar-refractivity contribution in [2.45, 2.75) is 20.3 Å². The van der Waals surface area contributed by atoms with Gasteiger partial charge in [-0.2, -0.15) is 0 Å². The molecule has 4 nitrogen and oxygen atoms in total. The quantitative estimate of drug-likeness (QED) is 0.545. The van der Waals surface area contributed by atoms with Crippen LogP contribution in [0, 0.1) is 5.92 Å². The highest BCUT2D eigenvalue weighted by Gasteiger charge is 2.35. The van der Waals surface area contributed by atoms with Crippen molar-refractivity contribution < 1.29 is 14.4 Å². The van der Waals surface area contributed by atoms with Crippen molar-refractivity contribution in [2.75, 3.05) is 6.54 Å². The summed E-state index contributed by atoms with van der Waals surface area (Å²) in [4.78, 5) is 34.0. The first-order chi connectivity index (χ1) is 5.52. The van der Waals surface area contributed by atoms with Gasteiger partial charge in [-0.1, -0.05) is 6.92 Å². The summed E-state index contributed by atoms with van der Waals surface area (Å²) in [5, 5.41) is 0. The minimum Gasteiger partial charge on any atom is -0.298 e. The number of rotatable bonds is 2. The molecule has 0 N–H and O–H groups in total. The highest BCUT2D eigenvalue weighted by molar-refractivity contribution is 6.05. The van der Waals surface area contributed by atoms with Crippen LogP contribution in [0.25, 0.3) is 0 Å². The van der Waals surface area contributed by atoms with Crippen LogP contribution in [0.3, 0.4) is 0 Å². The highest BCUT2D eigenvalue weighted by Crippen LogP contribution is 2.17. The first-order valence-electron chi connectivity index (χ1n) is 3.86. The fourth-order valence-electron chi connectivity index (χ4n) is 1.24. The Morgan fingerprint density at radius 2 is 2.17 bits per heavy atom. The van der Waals surface area contributed by atoms with Crippen LogP contribution in [0.1, 0.15) is 20.3 Å². The fraction of sp³-hybridized carbons (Fsp3) is 0.625. The van der Waals surface area contributed by atoms with Gasteiger partial charge < -0.3 is 0 Å². The van der Waals surface area contributed by atoms with Crippen LogP contribution < -0.4 is 0 Å². The van der Waals surface area contributed by atoms with E-state index in [4.69, 9.17) is 0 Å². The van der Waals surface area contributed by atoms with E-state index >= 15 is 0 Å². The maximum atomic E-state index is 11.2. The molecule has 0 aliphatic carbocycles. The summed E-state index contributed by atoms with van der Waals surface area (Å²) in [7, 11) is 0. The number of imide groups is 1. The van der Waals surface area contributed by atoms with E-state index in [0.29, 0.717) is 0 Å². The van der Waals surface area contributed by atoms with Crippen molar-refractivity contribution in [3.63, 3.8) is 0 Å². The second-order valence-electron chi connectivity index (χ2n) is 3.13. The van der Waals surface area contributed by atoms with Gasteiger partial charge in [0.2, 0.25) is 11.8 Å². The Morgan fingerprint density at radius 1 is 1.58 bits per heavy atom. The van der Waals surface area contributed by atoms with Gasteiger partial charge in [-0.25, -0.2) is 0 Å². The number of hydrogen-bond donors (Lipinski definition) is 0. The molecule has 0 bridgehead atoms. The van der Waals surface area contributed by atoms with Gasteiger partial charge in [0.25, 0.3) is 0 Å². The Bertz CT molecular complexity index is 247. The van der Waals surface area contributed by atoms with Crippen molar-refractivity contribution >= 4 is 17.6 Å². The molecule has 1 aliphatic rings. The molecule has 0 radical (unpaired) electrons.